The standard InChI is InChI=1S/C21H25FN2O2/c1-5-26-20-10-15(4)17(12-19(20)14(2)3)13-23-24-21(25)11-16-6-8-18(22)9-7-16/h6-10,12-14H,5,11H2,1-4H3,(H,24,25)/b23-13+. The third-order valence-corrected chi connectivity index (χ3v) is 3.99. The number of halogens is 1. The summed E-state index contributed by atoms with van der Waals surface area (Å²) in [5.74, 6) is 0.634. The predicted molar refractivity (Wildman–Crippen MR) is 102 cm³/mol. The number of hydrogen-bond acceptors (Lipinski definition) is 3. The van der Waals surface area contributed by atoms with Gasteiger partial charge in [0, 0.05) is 0 Å². The number of amides is 1. The molecule has 0 aliphatic heterocycles. The Hall–Kier alpha value is -2.69. The van der Waals surface area contributed by atoms with E-state index in [4.69, 9.17) is 4.74 Å². The third-order valence-electron chi connectivity index (χ3n) is 3.99. The Morgan fingerprint density at radius 1 is 1.27 bits per heavy atom. The topological polar surface area (TPSA) is 50.7 Å². The molecule has 0 unspecified atom stereocenters. The van der Waals surface area contributed by atoms with Gasteiger partial charge in [-0.2, -0.15) is 5.10 Å². The summed E-state index contributed by atoms with van der Waals surface area (Å²) in [7, 11) is 0. The summed E-state index contributed by atoms with van der Waals surface area (Å²) < 4.78 is 18.6. The average molecular weight is 356 g/mol. The highest BCUT2D eigenvalue weighted by molar-refractivity contribution is 5.85. The second kappa shape index (κ2) is 9.13. The summed E-state index contributed by atoms with van der Waals surface area (Å²) in [5, 5.41) is 4.05. The third kappa shape index (κ3) is 5.41. The van der Waals surface area contributed by atoms with Crippen LogP contribution >= 0.6 is 0 Å². The van der Waals surface area contributed by atoms with E-state index in [0.29, 0.717) is 12.5 Å². The number of carbonyl (C=O) groups is 1. The quantitative estimate of drug-likeness (QED) is 0.592. The molecule has 4 nitrogen and oxygen atoms in total. The van der Waals surface area contributed by atoms with Crippen LogP contribution in [0.5, 0.6) is 5.75 Å². The SMILES string of the molecule is CCOc1cc(C)c(/C=N/NC(=O)Cc2ccc(F)cc2)cc1C(C)C. The van der Waals surface area contributed by atoms with Crippen molar-refractivity contribution < 1.29 is 13.9 Å². The molecule has 0 atom stereocenters. The number of nitrogens with zero attached hydrogens (tertiary/aromatic N) is 1. The van der Waals surface area contributed by atoms with Gasteiger partial charge in [-0.25, -0.2) is 9.82 Å². The number of hydrazone groups is 1. The monoisotopic (exact) mass is 356 g/mol. The highest BCUT2D eigenvalue weighted by Crippen LogP contribution is 2.29. The first-order valence-corrected chi connectivity index (χ1v) is 8.74. The van der Waals surface area contributed by atoms with Crippen molar-refractivity contribution in [3.63, 3.8) is 0 Å². The van der Waals surface area contributed by atoms with Crippen molar-refractivity contribution in [2.24, 2.45) is 5.10 Å². The van der Waals surface area contributed by atoms with E-state index < -0.39 is 0 Å². The molecule has 0 aromatic heterocycles. The van der Waals surface area contributed by atoms with Crippen molar-refractivity contribution in [3.8, 4) is 5.75 Å². The lowest BCUT2D eigenvalue weighted by atomic mass is 9.97. The fourth-order valence-corrected chi connectivity index (χ4v) is 2.59. The molecule has 2 rings (SSSR count). The molecule has 0 aliphatic rings. The van der Waals surface area contributed by atoms with Gasteiger partial charge in [0.1, 0.15) is 11.6 Å². The lowest BCUT2D eigenvalue weighted by molar-refractivity contribution is -0.120. The van der Waals surface area contributed by atoms with E-state index in [0.717, 1.165) is 28.0 Å². The molecule has 5 heteroatoms. The molecule has 2 aromatic carbocycles. The molecule has 1 N–H and O–H groups in total. The Balaban J connectivity index is 2.06. The molecule has 1 amide bonds. The summed E-state index contributed by atoms with van der Waals surface area (Å²) in [6, 6.07) is 9.89. The molecule has 138 valence electrons. The van der Waals surface area contributed by atoms with Crippen molar-refractivity contribution in [2.75, 3.05) is 6.61 Å². The maximum atomic E-state index is 12.9. The van der Waals surface area contributed by atoms with Crippen LogP contribution in [-0.4, -0.2) is 18.7 Å². The zero-order valence-electron chi connectivity index (χ0n) is 15.7. The van der Waals surface area contributed by atoms with Crippen LogP contribution in [0.1, 0.15) is 48.9 Å². The first kappa shape index (κ1) is 19.6. The van der Waals surface area contributed by atoms with Crippen molar-refractivity contribution in [3.05, 3.63) is 64.5 Å². The molecule has 0 bridgehead atoms. The van der Waals surface area contributed by atoms with Crippen LogP contribution in [0.15, 0.2) is 41.5 Å². The molecule has 0 heterocycles. The minimum atomic E-state index is -0.320. The van der Waals surface area contributed by atoms with Crippen LogP contribution in [0.3, 0.4) is 0 Å². The average Bonchev–Trinajstić information content (AvgIpc) is 2.59. The molecule has 0 aliphatic carbocycles. The Morgan fingerprint density at radius 3 is 2.58 bits per heavy atom. The first-order valence-electron chi connectivity index (χ1n) is 8.74. The van der Waals surface area contributed by atoms with Crippen LogP contribution in [0, 0.1) is 12.7 Å². The van der Waals surface area contributed by atoms with Crippen LogP contribution in [0.25, 0.3) is 0 Å². The largest absolute Gasteiger partial charge is 0.494 e. The maximum absolute atomic E-state index is 12.9. The summed E-state index contributed by atoms with van der Waals surface area (Å²) in [6.45, 7) is 8.78. The lowest BCUT2D eigenvalue weighted by Gasteiger charge is -2.15. The van der Waals surface area contributed by atoms with E-state index in [1.165, 1.54) is 12.1 Å². The highest BCUT2D eigenvalue weighted by atomic mass is 19.1. The molecule has 0 saturated carbocycles. The van der Waals surface area contributed by atoms with E-state index in [1.807, 2.05) is 26.0 Å². The predicted octanol–water partition coefficient (Wildman–Crippen LogP) is 4.35. The van der Waals surface area contributed by atoms with Crippen molar-refractivity contribution in [1.29, 1.82) is 0 Å². The molecule has 26 heavy (non-hydrogen) atoms. The fraction of sp³-hybridized carbons (Fsp3) is 0.333. The van der Waals surface area contributed by atoms with Crippen LogP contribution in [0.4, 0.5) is 4.39 Å². The fourth-order valence-electron chi connectivity index (χ4n) is 2.59. The van der Waals surface area contributed by atoms with Crippen LogP contribution in [-0.2, 0) is 11.2 Å². The molecule has 0 radical (unpaired) electrons. The van der Waals surface area contributed by atoms with Crippen molar-refractivity contribution in [1.82, 2.24) is 5.43 Å². The minimum Gasteiger partial charge on any atom is -0.494 e. The zero-order chi connectivity index (χ0) is 19.1. The summed E-state index contributed by atoms with van der Waals surface area (Å²) in [4.78, 5) is 11.9. The summed E-state index contributed by atoms with van der Waals surface area (Å²) in [5.41, 5.74) is 6.31. The molecule has 2 aromatic rings. The molecular formula is C21H25FN2O2. The van der Waals surface area contributed by atoms with Crippen LogP contribution in [0.2, 0.25) is 0 Å². The van der Waals surface area contributed by atoms with Gasteiger partial charge in [-0.05, 0) is 66.3 Å². The van der Waals surface area contributed by atoms with Crippen molar-refractivity contribution >= 4 is 12.1 Å². The van der Waals surface area contributed by atoms with Gasteiger partial charge in [0.15, 0.2) is 0 Å². The van der Waals surface area contributed by atoms with Gasteiger partial charge in [-0.1, -0.05) is 26.0 Å². The molecule has 0 saturated heterocycles. The van der Waals surface area contributed by atoms with E-state index in [9.17, 15) is 9.18 Å². The summed E-state index contributed by atoms with van der Waals surface area (Å²) in [6.07, 6.45) is 1.79. The molecular weight excluding hydrogens is 331 g/mol. The number of carbonyl (C=O) groups excluding carboxylic acids is 1. The van der Waals surface area contributed by atoms with Gasteiger partial charge in [-0.3, -0.25) is 4.79 Å². The number of nitrogens with one attached hydrogen (secondary N) is 1. The maximum Gasteiger partial charge on any atom is 0.244 e. The van der Waals surface area contributed by atoms with Gasteiger partial charge in [0.2, 0.25) is 5.91 Å². The molecule has 0 spiro atoms. The van der Waals surface area contributed by atoms with Gasteiger partial charge in [0.05, 0.1) is 19.2 Å². The zero-order valence-corrected chi connectivity index (χ0v) is 15.7. The number of rotatable bonds is 7. The normalized spacial score (nSPS) is 11.2. The minimum absolute atomic E-state index is 0.150. The Labute approximate surface area is 154 Å². The van der Waals surface area contributed by atoms with E-state index in [2.05, 4.69) is 24.4 Å². The molecule has 0 fully saturated rings. The Morgan fingerprint density at radius 2 is 1.96 bits per heavy atom. The number of benzene rings is 2. The Bertz CT molecular complexity index is 783. The lowest BCUT2D eigenvalue weighted by Crippen LogP contribution is -2.19. The van der Waals surface area contributed by atoms with Gasteiger partial charge >= 0.3 is 0 Å². The number of ether oxygens (including phenoxy) is 1. The van der Waals surface area contributed by atoms with Gasteiger partial charge < -0.3 is 4.74 Å². The number of hydrogen-bond donors (Lipinski definition) is 1. The second-order valence-electron chi connectivity index (χ2n) is 6.43. The highest BCUT2D eigenvalue weighted by Gasteiger charge is 2.11. The van der Waals surface area contributed by atoms with Gasteiger partial charge in [-0.15, -0.1) is 0 Å². The smallest absolute Gasteiger partial charge is 0.244 e. The first-order chi connectivity index (χ1) is 12.4. The van der Waals surface area contributed by atoms with Gasteiger partial charge in [0.25, 0.3) is 0 Å². The van der Waals surface area contributed by atoms with Crippen molar-refractivity contribution in [2.45, 2.75) is 40.0 Å². The number of aryl methyl sites for hydroxylation is 1. The second-order valence-corrected chi connectivity index (χ2v) is 6.43. The van der Waals surface area contributed by atoms with E-state index in [-0.39, 0.29) is 18.1 Å². The van der Waals surface area contributed by atoms with Crippen LogP contribution < -0.4 is 10.2 Å². The Kier molecular flexibility index (Phi) is 6.89. The van der Waals surface area contributed by atoms with E-state index >= 15 is 0 Å². The van der Waals surface area contributed by atoms with E-state index in [1.54, 1.807) is 18.3 Å². The summed E-state index contributed by atoms with van der Waals surface area (Å²) >= 11 is 0.